The molecule has 0 radical (unpaired) electrons. The van der Waals surface area contributed by atoms with Crippen LogP contribution >= 0.6 is 0 Å². The van der Waals surface area contributed by atoms with E-state index in [-0.39, 0.29) is 5.69 Å². The van der Waals surface area contributed by atoms with Crippen LogP contribution < -0.4 is 19.9 Å². The summed E-state index contributed by atoms with van der Waals surface area (Å²) < 4.78 is 32.1. The topological polar surface area (TPSA) is 66.4 Å². The van der Waals surface area contributed by atoms with Crippen LogP contribution in [-0.2, 0) is 0 Å². The van der Waals surface area contributed by atoms with Gasteiger partial charge in [-0.2, -0.15) is 10.1 Å². The molecule has 0 spiro atoms. The molecule has 2 heterocycles. The predicted molar refractivity (Wildman–Crippen MR) is 107 cm³/mol. The minimum atomic E-state index is -0.696. The lowest BCUT2D eigenvalue weighted by atomic mass is 10.2. The molecule has 1 aliphatic rings. The normalized spacial score (nSPS) is 14.0. The Morgan fingerprint density at radius 1 is 0.966 bits per heavy atom. The van der Waals surface area contributed by atoms with Crippen molar-refractivity contribution >= 4 is 23.1 Å². The third kappa shape index (κ3) is 4.34. The molecule has 4 rings (SSSR count). The fourth-order valence-corrected chi connectivity index (χ4v) is 3.17. The van der Waals surface area contributed by atoms with Gasteiger partial charge >= 0.3 is 0 Å². The molecule has 0 unspecified atom stereocenters. The fraction of sp³-hybridized carbons (Fsp3) is 0.250. The Labute approximate surface area is 167 Å². The molecule has 1 fully saturated rings. The molecule has 0 atom stereocenters. The van der Waals surface area contributed by atoms with Gasteiger partial charge in [0.15, 0.2) is 5.82 Å². The molecule has 3 aromatic rings. The lowest BCUT2D eigenvalue weighted by molar-refractivity contribution is 0.415. The number of hydrogen-bond donors (Lipinski definition) is 1. The number of nitrogens with one attached hydrogen (secondary N) is 1. The highest BCUT2D eigenvalue weighted by molar-refractivity contribution is 5.57. The molecule has 150 valence electrons. The summed E-state index contributed by atoms with van der Waals surface area (Å²) in [7, 11) is 1.65. The Hall–Kier alpha value is -3.49. The molecule has 0 bridgehead atoms. The third-order valence-corrected chi connectivity index (χ3v) is 4.74. The van der Waals surface area contributed by atoms with E-state index in [1.54, 1.807) is 7.11 Å². The maximum absolute atomic E-state index is 13.9. The van der Waals surface area contributed by atoms with Crippen LogP contribution in [0.3, 0.4) is 0 Å². The molecule has 0 amide bonds. The second-order valence-electron chi connectivity index (χ2n) is 6.56. The van der Waals surface area contributed by atoms with Crippen molar-refractivity contribution in [3.8, 4) is 5.75 Å². The Morgan fingerprint density at radius 3 is 2.38 bits per heavy atom. The number of anilines is 4. The van der Waals surface area contributed by atoms with E-state index >= 15 is 0 Å². The second-order valence-corrected chi connectivity index (χ2v) is 6.56. The molecule has 2 aromatic carbocycles. The standard InChI is InChI=1S/C20H20F2N6O/c1-29-16-5-3-15(4-6-16)27-8-10-28(11-9-27)20-25-19(13-23-26-20)24-18-7-2-14(21)12-17(18)22/h2-7,12-13H,8-11H2,1H3,(H,24,25,26). The zero-order valence-electron chi connectivity index (χ0n) is 15.8. The number of rotatable bonds is 5. The fourth-order valence-electron chi connectivity index (χ4n) is 3.17. The summed E-state index contributed by atoms with van der Waals surface area (Å²) >= 11 is 0. The van der Waals surface area contributed by atoms with Crippen molar-refractivity contribution in [2.45, 2.75) is 0 Å². The van der Waals surface area contributed by atoms with Crippen molar-refractivity contribution in [2.75, 3.05) is 48.4 Å². The number of ether oxygens (including phenoxy) is 1. The molecule has 1 saturated heterocycles. The molecule has 1 aromatic heterocycles. The van der Waals surface area contributed by atoms with Crippen LogP contribution in [0.2, 0.25) is 0 Å². The quantitative estimate of drug-likeness (QED) is 0.708. The van der Waals surface area contributed by atoms with Gasteiger partial charge in [0.25, 0.3) is 0 Å². The summed E-state index contributed by atoms with van der Waals surface area (Å²) in [5.41, 5.74) is 1.26. The van der Waals surface area contributed by atoms with E-state index in [0.29, 0.717) is 11.8 Å². The molecular formula is C20H20F2N6O. The monoisotopic (exact) mass is 398 g/mol. The maximum atomic E-state index is 13.9. The van der Waals surface area contributed by atoms with E-state index in [4.69, 9.17) is 4.74 Å². The zero-order valence-corrected chi connectivity index (χ0v) is 15.8. The summed E-state index contributed by atoms with van der Waals surface area (Å²) in [5, 5.41) is 10.9. The molecule has 1 N–H and O–H groups in total. The Balaban J connectivity index is 1.41. The van der Waals surface area contributed by atoms with Crippen LogP contribution in [0.4, 0.5) is 31.9 Å². The lowest BCUT2D eigenvalue weighted by Gasteiger charge is -2.36. The van der Waals surface area contributed by atoms with Gasteiger partial charge in [-0.15, -0.1) is 5.10 Å². The SMILES string of the molecule is COc1ccc(N2CCN(c3nncc(Nc4ccc(F)cc4F)n3)CC2)cc1. The smallest absolute Gasteiger partial charge is 0.247 e. The highest BCUT2D eigenvalue weighted by Gasteiger charge is 2.20. The number of nitrogens with zero attached hydrogens (tertiary/aromatic N) is 5. The van der Waals surface area contributed by atoms with Gasteiger partial charge in [-0.05, 0) is 36.4 Å². The molecule has 9 heteroatoms. The third-order valence-electron chi connectivity index (χ3n) is 4.74. The second kappa shape index (κ2) is 8.26. The minimum absolute atomic E-state index is 0.127. The van der Waals surface area contributed by atoms with Crippen LogP contribution in [0.15, 0.2) is 48.7 Å². The van der Waals surface area contributed by atoms with E-state index in [0.717, 1.165) is 43.7 Å². The van der Waals surface area contributed by atoms with Gasteiger partial charge in [0.2, 0.25) is 5.95 Å². The molecule has 0 saturated carbocycles. The van der Waals surface area contributed by atoms with Crippen LogP contribution in [-0.4, -0.2) is 48.5 Å². The van der Waals surface area contributed by atoms with Crippen LogP contribution in [0.1, 0.15) is 0 Å². The van der Waals surface area contributed by atoms with Crippen molar-refractivity contribution < 1.29 is 13.5 Å². The zero-order chi connectivity index (χ0) is 20.2. The number of aromatic nitrogens is 3. The van der Waals surface area contributed by atoms with E-state index in [9.17, 15) is 8.78 Å². The Bertz CT molecular complexity index is 977. The number of hydrogen-bond acceptors (Lipinski definition) is 7. The summed E-state index contributed by atoms with van der Waals surface area (Å²) in [5.74, 6) is 0.307. The first-order chi connectivity index (χ1) is 14.1. The van der Waals surface area contributed by atoms with Crippen LogP contribution in [0.25, 0.3) is 0 Å². The van der Waals surface area contributed by atoms with Gasteiger partial charge in [-0.3, -0.25) is 0 Å². The summed E-state index contributed by atoms with van der Waals surface area (Å²) in [6, 6.07) is 11.3. The highest BCUT2D eigenvalue weighted by atomic mass is 19.1. The highest BCUT2D eigenvalue weighted by Crippen LogP contribution is 2.23. The number of piperazine rings is 1. The van der Waals surface area contributed by atoms with E-state index in [2.05, 4.69) is 25.4 Å². The lowest BCUT2D eigenvalue weighted by Crippen LogP contribution is -2.47. The van der Waals surface area contributed by atoms with Crippen LogP contribution in [0, 0.1) is 11.6 Å². The van der Waals surface area contributed by atoms with Gasteiger partial charge in [-0.25, -0.2) is 8.78 Å². The van der Waals surface area contributed by atoms with Crippen molar-refractivity contribution in [1.29, 1.82) is 0 Å². The number of halogens is 2. The summed E-state index contributed by atoms with van der Waals surface area (Å²) in [4.78, 5) is 8.73. The average Bonchev–Trinajstić information content (AvgIpc) is 2.76. The summed E-state index contributed by atoms with van der Waals surface area (Å²) in [6.45, 7) is 3.06. The van der Waals surface area contributed by atoms with E-state index in [1.165, 1.54) is 18.3 Å². The van der Waals surface area contributed by atoms with Gasteiger partial charge in [0.1, 0.15) is 17.4 Å². The number of benzene rings is 2. The van der Waals surface area contributed by atoms with Crippen molar-refractivity contribution in [3.63, 3.8) is 0 Å². The Morgan fingerprint density at radius 2 is 1.69 bits per heavy atom. The first-order valence-electron chi connectivity index (χ1n) is 9.18. The average molecular weight is 398 g/mol. The molecule has 0 aliphatic carbocycles. The largest absolute Gasteiger partial charge is 0.497 e. The first kappa shape index (κ1) is 18.9. The number of methoxy groups -OCH3 is 1. The van der Waals surface area contributed by atoms with Crippen molar-refractivity contribution in [1.82, 2.24) is 15.2 Å². The van der Waals surface area contributed by atoms with Crippen molar-refractivity contribution in [3.05, 3.63) is 60.3 Å². The van der Waals surface area contributed by atoms with Gasteiger partial charge in [-0.1, -0.05) is 0 Å². The minimum Gasteiger partial charge on any atom is -0.497 e. The summed E-state index contributed by atoms with van der Waals surface area (Å²) in [6.07, 6.45) is 1.40. The molecule has 7 nitrogen and oxygen atoms in total. The van der Waals surface area contributed by atoms with Gasteiger partial charge in [0, 0.05) is 37.9 Å². The van der Waals surface area contributed by atoms with Crippen LogP contribution in [0.5, 0.6) is 5.75 Å². The first-order valence-corrected chi connectivity index (χ1v) is 9.18. The molecule has 1 aliphatic heterocycles. The van der Waals surface area contributed by atoms with Crippen molar-refractivity contribution in [2.24, 2.45) is 0 Å². The molecule has 29 heavy (non-hydrogen) atoms. The van der Waals surface area contributed by atoms with Gasteiger partial charge < -0.3 is 19.9 Å². The van der Waals surface area contributed by atoms with E-state index < -0.39 is 11.6 Å². The molecular weight excluding hydrogens is 378 g/mol. The maximum Gasteiger partial charge on any atom is 0.247 e. The Kier molecular flexibility index (Phi) is 5.37. The van der Waals surface area contributed by atoms with E-state index in [1.807, 2.05) is 29.2 Å². The predicted octanol–water partition coefficient (Wildman–Crippen LogP) is 3.23. The van der Waals surface area contributed by atoms with Gasteiger partial charge in [0.05, 0.1) is 19.0 Å².